The van der Waals surface area contributed by atoms with Crippen molar-refractivity contribution in [1.29, 1.82) is 0 Å². The average Bonchev–Trinajstić information content (AvgIpc) is 2.82. The van der Waals surface area contributed by atoms with Crippen molar-refractivity contribution >= 4 is 39.1 Å². The number of rotatable bonds is 4. The highest BCUT2D eigenvalue weighted by Gasteiger charge is 2.39. The fourth-order valence-electron chi connectivity index (χ4n) is 2.68. The van der Waals surface area contributed by atoms with E-state index in [0.29, 0.717) is 6.54 Å². The number of hydrogen-bond acceptors (Lipinski definition) is 3. The minimum atomic E-state index is -0.710. The highest BCUT2D eigenvalue weighted by Crippen LogP contribution is 2.29. The Morgan fingerprint density at radius 2 is 2.05 bits per heavy atom. The standard InChI is InChI=1S/C14H19BrN2O2S/c1-10(18)17-14(5-3-2-4-6-14)13(19)16-8-12-7-11(15)9-20-12/h7,9H,2-6,8H2,1H3,(H,16,19)(H,17,18). The van der Waals surface area contributed by atoms with Crippen LogP contribution in [0.1, 0.15) is 43.9 Å². The lowest BCUT2D eigenvalue weighted by molar-refractivity contribution is -0.134. The van der Waals surface area contributed by atoms with Crippen LogP contribution in [0.5, 0.6) is 0 Å². The van der Waals surface area contributed by atoms with Gasteiger partial charge in [-0.05, 0) is 34.8 Å². The Bertz CT molecular complexity index is 495. The summed E-state index contributed by atoms with van der Waals surface area (Å²) in [6, 6.07) is 2.00. The van der Waals surface area contributed by atoms with Gasteiger partial charge in [-0.15, -0.1) is 11.3 Å². The Kier molecular flexibility index (Phi) is 5.21. The number of halogens is 1. The Morgan fingerprint density at radius 3 is 2.60 bits per heavy atom. The van der Waals surface area contributed by atoms with Crippen LogP contribution in [0.25, 0.3) is 0 Å². The van der Waals surface area contributed by atoms with E-state index in [4.69, 9.17) is 0 Å². The summed E-state index contributed by atoms with van der Waals surface area (Å²) in [5.41, 5.74) is -0.710. The van der Waals surface area contributed by atoms with Gasteiger partial charge in [0.05, 0.1) is 6.54 Å². The smallest absolute Gasteiger partial charge is 0.246 e. The second-order valence-electron chi connectivity index (χ2n) is 5.24. The largest absolute Gasteiger partial charge is 0.349 e. The molecule has 0 aliphatic heterocycles. The Hall–Kier alpha value is -0.880. The first-order valence-electron chi connectivity index (χ1n) is 6.82. The fourth-order valence-corrected chi connectivity index (χ4v) is 4.07. The molecule has 0 aromatic carbocycles. The molecule has 110 valence electrons. The van der Waals surface area contributed by atoms with Crippen LogP contribution in [0.4, 0.5) is 0 Å². The fraction of sp³-hybridized carbons (Fsp3) is 0.571. The molecule has 0 unspecified atom stereocenters. The van der Waals surface area contributed by atoms with Gasteiger partial charge in [0, 0.05) is 21.7 Å². The third kappa shape index (κ3) is 3.82. The summed E-state index contributed by atoms with van der Waals surface area (Å²) in [6.45, 7) is 1.98. The summed E-state index contributed by atoms with van der Waals surface area (Å²) in [5.74, 6) is -0.196. The van der Waals surface area contributed by atoms with Gasteiger partial charge in [-0.25, -0.2) is 0 Å². The van der Waals surface area contributed by atoms with Crippen LogP contribution in [-0.2, 0) is 16.1 Å². The predicted octanol–water partition coefficient (Wildman–Crippen LogP) is 2.97. The first kappa shape index (κ1) is 15.5. The summed E-state index contributed by atoms with van der Waals surface area (Å²) in [6.07, 6.45) is 4.56. The number of nitrogens with one attached hydrogen (secondary N) is 2. The van der Waals surface area contributed by atoms with Crippen LogP contribution in [-0.4, -0.2) is 17.4 Å². The topological polar surface area (TPSA) is 58.2 Å². The molecule has 0 spiro atoms. The third-order valence-electron chi connectivity index (χ3n) is 3.60. The highest BCUT2D eigenvalue weighted by atomic mass is 79.9. The van der Waals surface area contributed by atoms with Gasteiger partial charge in [0.1, 0.15) is 5.54 Å². The summed E-state index contributed by atoms with van der Waals surface area (Å²) < 4.78 is 1.03. The molecule has 6 heteroatoms. The first-order chi connectivity index (χ1) is 9.52. The number of carbonyl (C=O) groups excluding carboxylic acids is 2. The van der Waals surface area contributed by atoms with Gasteiger partial charge in [-0.3, -0.25) is 9.59 Å². The van der Waals surface area contributed by atoms with Crippen LogP contribution in [0, 0.1) is 0 Å². The molecule has 1 aliphatic rings. The Labute approximate surface area is 131 Å². The van der Waals surface area contributed by atoms with Crippen molar-refractivity contribution in [2.75, 3.05) is 0 Å². The van der Waals surface area contributed by atoms with Gasteiger partial charge < -0.3 is 10.6 Å². The van der Waals surface area contributed by atoms with Crippen LogP contribution in [0.2, 0.25) is 0 Å². The van der Waals surface area contributed by atoms with E-state index in [9.17, 15) is 9.59 Å². The zero-order valence-corrected chi connectivity index (χ0v) is 13.9. The van der Waals surface area contributed by atoms with Crippen LogP contribution < -0.4 is 10.6 Å². The normalized spacial score (nSPS) is 17.5. The van der Waals surface area contributed by atoms with E-state index in [-0.39, 0.29) is 11.8 Å². The summed E-state index contributed by atoms with van der Waals surface area (Å²) in [7, 11) is 0. The van der Waals surface area contributed by atoms with E-state index in [1.165, 1.54) is 6.92 Å². The summed E-state index contributed by atoms with van der Waals surface area (Å²) in [4.78, 5) is 25.0. The highest BCUT2D eigenvalue weighted by molar-refractivity contribution is 9.10. The number of amides is 2. The van der Waals surface area contributed by atoms with Crippen LogP contribution in [0.3, 0.4) is 0 Å². The second kappa shape index (κ2) is 6.72. The van der Waals surface area contributed by atoms with E-state index in [2.05, 4.69) is 26.6 Å². The number of carbonyl (C=O) groups is 2. The van der Waals surface area contributed by atoms with Crippen molar-refractivity contribution in [1.82, 2.24) is 10.6 Å². The molecule has 1 heterocycles. The predicted molar refractivity (Wildman–Crippen MR) is 83.5 cm³/mol. The molecule has 2 N–H and O–H groups in total. The van der Waals surface area contributed by atoms with Gasteiger partial charge in [0.2, 0.25) is 11.8 Å². The van der Waals surface area contributed by atoms with Crippen molar-refractivity contribution in [3.8, 4) is 0 Å². The molecule has 1 fully saturated rings. The number of thiophene rings is 1. The summed E-state index contributed by atoms with van der Waals surface area (Å²) >= 11 is 5.00. The SMILES string of the molecule is CC(=O)NC1(C(=O)NCc2cc(Br)cs2)CCCCC1. The van der Waals surface area contributed by atoms with Gasteiger partial charge in [0.15, 0.2) is 0 Å². The van der Waals surface area contributed by atoms with Crippen molar-refractivity contribution in [3.63, 3.8) is 0 Å². The molecular formula is C14H19BrN2O2S. The molecule has 1 aromatic heterocycles. The van der Waals surface area contributed by atoms with Crippen molar-refractivity contribution in [2.45, 2.75) is 51.1 Å². The molecule has 1 aromatic rings. The van der Waals surface area contributed by atoms with E-state index < -0.39 is 5.54 Å². The zero-order chi connectivity index (χ0) is 14.6. The second-order valence-corrected chi connectivity index (χ2v) is 7.15. The molecular weight excluding hydrogens is 340 g/mol. The average molecular weight is 359 g/mol. The van der Waals surface area contributed by atoms with Crippen LogP contribution in [0.15, 0.2) is 15.9 Å². The van der Waals surface area contributed by atoms with Gasteiger partial charge in [-0.2, -0.15) is 0 Å². The zero-order valence-electron chi connectivity index (χ0n) is 11.5. The maximum absolute atomic E-state index is 12.5. The van der Waals surface area contributed by atoms with Crippen molar-refractivity contribution in [2.24, 2.45) is 0 Å². The molecule has 0 atom stereocenters. The lowest BCUT2D eigenvalue weighted by atomic mass is 9.80. The number of hydrogen-bond donors (Lipinski definition) is 2. The molecule has 0 saturated heterocycles. The molecule has 20 heavy (non-hydrogen) atoms. The molecule has 2 amide bonds. The molecule has 1 saturated carbocycles. The summed E-state index contributed by atoms with van der Waals surface area (Å²) in [5, 5.41) is 7.84. The molecule has 0 radical (unpaired) electrons. The molecule has 2 rings (SSSR count). The Morgan fingerprint density at radius 1 is 1.35 bits per heavy atom. The maximum Gasteiger partial charge on any atom is 0.246 e. The van der Waals surface area contributed by atoms with E-state index >= 15 is 0 Å². The molecule has 1 aliphatic carbocycles. The van der Waals surface area contributed by atoms with Crippen molar-refractivity contribution < 1.29 is 9.59 Å². The quantitative estimate of drug-likeness (QED) is 0.868. The minimum absolute atomic E-state index is 0.0584. The maximum atomic E-state index is 12.5. The van der Waals surface area contributed by atoms with Crippen LogP contribution >= 0.6 is 27.3 Å². The van der Waals surface area contributed by atoms with Gasteiger partial charge in [0.25, 0.3) is 0 Å². The monoisotopic (exact) mass is 358 g/mol. The molecule has 0 bridgehead atoms. The van der Waals surface area contributed by atoms with E-state index in [1.807, 2.05) is 11.4 Å². The van der Waals surface area contributed by atoms with E-state index in [0.717, 1.165) is 41.5 Å². The lowest BCUT2D eigenvalue weighted by Crippen LogP contribution is -2.59. The lowest BCUT2D eigenvalue weighted by Gasteiger charge is -2.36. The third-order valence-corrected chi connectivity index (χ3v) is 5.30. The Balaban J connectivity index is 2.00. The van der Waals surface area contributed by atoms with Crippen molar-refractivity contribution in [3.05, 3.63) is 20.8 Å². The van der Waals surface area contributed by atoms with E-state index in [1.54, 1.807) is 11.3 Å². The molecule has 4 nitrogen and oxygen atoms in total. The minimum Gasteiger partial charge on any atom is -0.349 e. The van der Waals surface area contributed by atoms with Gasteiger partial charge >= 0.3 is 0 Å². The van der Waals surface area contributed by atoms with Gasteiger partial charge in [-0.1, -0.05) is 19.3 Å². The first-order valence-corrected chi connectivity index (χ1v) is 8.49.